The second kappa shape index (κ2) is 8.65. The Kier molecular flexibility index (Phi) is 6.31. The molecule has 0 bridgehead atoms. The summed E-state index contributed by atoms with van der Waals surface area (Å²) in [6.45, 7) is 0.160. The first-order chi connectivity index (χ1) is 12.4. The first-order valence-corrected chi connectivity index (χ1v) is 7.47. The monoisotopic (exact) mass is 363 g/mol. The summed E-state index contributed by atoms with van der Waals surface area (Å²) in [5.41, 5.74) is 0.836. The summed E-state index contributed by atoms with van der Waals surface area (Å²) in [6.07, 6.45) is 4.29. The standard InChI is InChI=1S/C17H18FN3O5/c1-21-9-11(8-19-21)10-26-15-5-4-12(6-13(15)18)20-14(17(23)25-3)7-16(22)24-2/h4-9,20H,10H2,1-3H3/b14-7+. The molecule has 0 aliphatic rings. The van der Waals surface area contributed by atoms with Gasteiger partial charge >= 0.3 is 11.9 Å². The van der Waals surface area contributed by atoms with E-state index < -0.39 is 17.8 Å². The lowest BCUT2D eigenvalue weighted by Gasteiger charge is -2.11. The molecule has 0 amide bonds. The number of nitrogens with zero attached hydrogens (tertiary/aromatic N) is 2. The predicted octanol–water partition coefficient (Wildman–Crippen LogP) is 1.78. The number of methoxy groups -OCH3 is 2. The highest BCUT2D eigenvalue weighted by atomic mass is 19.1. The zero-order valence-electron chi connectivity index (χ0n) is 14.5. The number of benzene rings is 1. The molecule has 0 aliphatic heterocycles. The summed E-state index contributed by atoms with van der Waals surface area (Å²) in [7, 11) is 4.10. The van der Waals surface area contributed by atoms with Crippen molar-refractivity contribution in [1.29, 1.82) is 0 Å². The van der Waals surface area contributed by atoms with E-state index in [2.05, 4.69) is 19.9 Å². The van der Waals surface area contributed by atoms with Gasteiger partial charge < -0.3 is 19.5 Å². The van der Waals surface area contributed by atoms with Crippen molar-refractivity contribution in [2.24, 2.45) is 7.05 Å². The molecule has 26 heavy (non-hydrogen) atoms. The molecule has 1 aromatic heterocycles. The highest BCUT2D eigenvalue weighted by molar-refractivity contribution is 5.98. The number of aromatic nitrogens is 2. The van der Waals surface area contributed by atoms with Gasteiger partial charge in [0.1, 0.15) is 12.3 Å². The molecule has 0 spiro atoms. The Morgan fingerprint density at radius 3 is 2.65 bits per heavy atom. The zero-order chi connectivity index (χ0) is 19.1. The lowest BCUT2D eigenvalue weighted by atomic mass is 10.2. The average molecular weight is 363 g/mol. The summed E-state index contributed by atoms with van der Waals surface area (Å²) in [6, 6.07) is 4.03. The van der Waals surface area contributed by atoms with Crippen LogP contribution in [0.3, 0.4) is 0 Å². The van der Waals surface area contributed by atoms with E-state index in [-0.39, 0.29) is 23.7 Å². The minimum absolute atomic E-state index is 0.0379. The maximum absolute atomic E-state index is 14.2. The number of halogens is 1. The van der Waals surface area contributed by atoms with Crippen LogP contribution in [0.1, 0.15) is 5.56 Å². The molecule has 9 heteroatoms. The molecular formula is C17H18FN3O5. The number of carbonyl (C=O) groups is 2. The van der Waals surface area contributed by atoms with Gasteiger partial charge in [-0.05, 0) is 12.1 Å². The Bertz CT molecular complexity index is 832. The van der Waals surface area contributed by atoms with Gasteiger partial charge in [0.2, 0.25) is 0 Å². The maximum Gasteiger partial charge on any atom is 0.354 e. The van der Waals surface area contributed by atoms with Crippen LogP contribution in [0.2, 0.25) is 0 Å². The molecule has 1 heterocycles. The lowest BCUT2D eigenvalue weighted by Crippen LogP contribution is -2.15. The van der Waals surface area contributed by atoms with Gasteiger partial charge in [-0.1, -0.05) is 0 Å². The molecule has 0 saturated carbocycles. The topological polar surface area (TPSA) is 91.7 Å². The number of rotatable bonds is 7. The molecule has 0 saturated heterocycles. The first-order valence-electron chi connectivity index (χ1n) is 7.47. The second-order valence-corrected chi connectivity index (χ2v) is 5.15. The molecule has 2 rings (SSSR count). The van der Waals surface area contributed by atoms with Crippen molar-refractivity contribution in [3.8, 4) is 5.75 Å². The molecule has 1 aromatic carbocycles. The average Bonchev–Trinajstić information content (AvgIpc) is 3.04. The van der Waals surface area contributed by atoms with Crippen LogP contribution in [0, 0.1) is 5.82 Å². The van der Waals surface area contributed by atoms with Gasteiger partial charge in [-0.15, -0.1) is 0 Å². The molecule has 0 aliphatic carbocycles. The van der Waals surface area contributed by atoms with E-state index in [9.17, 15) is 14.0 Å². The van der Waals surface area contributed by atoms with Crippen LogP contribution in [-0.4, -0.2) is 35.9 Å². The van der Waals surface area contributed by atoms with Gasteiger partial charge in [-0.25, -0.2) is 14.0 Å². The molecule has 1 N–H and O–H groups in total. The summed E-state index contributed by atoms with van der Waals surface area (Å²) in [5, 5.41) is 6.62. The van der Waals surface area contributed by atoms with E-state index in [1.807, 2.05) is 0 Å². The molecule has 2 aromatic rings. The Balaban J connectivity index is 2.10. The van der Waals surface area contributed by atoms with Crippen LogP contribution >= 0.6 is 0 Å². The SMILES string of the molecule is COC(=O)/C=C(/Nc1ccc(OCc2cnn(C)c2)c(F)c1)C(=O)OC. The number of nitrogens with one attached hydrogen (secondary N) is 1. The number of aryl methyl sites for hydroxylation is 1. The quantitative estimate of drug-likeness (QED) is 0.592. The number of anilines is 1. The Morgan fingerprint density at radius 2 is 2.08 bits per heavy atom. The van der Waals surface area contributed by atoms with Gasteiger partial charge in [0.05, 0.1) is 26.5 Å². The third-order valence-corrected chi connectivity index (χ3v) is 3.23. The summed E-state index contributed by atoms with van der Waals surface area (Å²) < 4.78 is 30.3. The summed E-state index contributed by atoms with van der Waals surface area (Å²) in [4.78, 5) is 23.0. The van der Waals surface area contributed by atoms with Crippen LogP contribution in [0.15, 0.2) is 42.4 Å². The van der Waals surface area contributed by atoms with Crippen molar-refractivity contribution in [3.05, 3.63) is 53.7 Å². The Morgan fingerprint density at radius 1 is 1.31 bits per heavy atom. The predicted molar refractivity (Wildman–Crippen MR) is 89.7 cm³/mol. The molecule has 8 nitrogen and oxygen atoms in total. The normalized spacial score (nSPS) is 11.0. The smallest absolute Gasteiger partial charge is 0.354 e. The van der Waals surface area contributed by atoms with Crippen molar-refractivity contribution in [3.63, 3.8) is 0 Å². The van der Waals surface area contributed by atoms with Crippen molar-refractivity contribution >= 4 is 17.6 Å². The fourth-order valence-corrected chi connectivity index (χ4v) is 1.99. The minimum Gasteiger partial charge on any atom is -0.486 e. The largest absolute Gasteiger partial charge is 0.486 e. The molecule has 0 atom stereocenters. The van der Waals surface area contributed by atoms with E-state index in [0.29, 0.717) is 0 Å². The second-order valence-electron chi connectivity index (χ2n) is 5.15. The van der Waals surface area contributed by atoms with Gasteiger partial charge in [0.25, 0.3) is 0 Å². The van der Waals surface area contributed by atoms with E-state index >= 15 is 0 Å². The Hall–Kier alpha value is -3.36. The fraction of sp³-hybridized carbons (Fsp3) is 0.235. The maximum atomic E-state index is 14.2. The number of hydrogen-bond acceptors (Lipinski definition) is 7. The number of esters is 2. The highest BCUT2D eigenvalue weighted by Crippen LogP contribution is 2.23. The zero-order valence-corrected chi connectivity index (χ0v) is 14.5. The molecule has 0 fully saturated rings. The van der Waals surface area contributed by atoms with Gasteiger partial charge in [-0.3, -0.25) is 4.68 Å². The van der Waals surface area contributed by atoms with Crippen LogP contribution in [-0.2, 0) is 32.7 Å². The van der Waals surface area contributed by atoms with Crippen molar-refractivity contribution < 1.29 is 28.2 Å². The number of hydrogen-bond donors (Lipinski definition) is 1. The fourth-order valence-electron chi connectivity index (χ4n) is 1.99. The number of carbonyl (C=O) groups excluding carboxylic acids is 2. The van der Waals surface area contributed by atoms with E-state index in [1.165, 1.54) is 19.2 Å². The lowest BCUT2D eigenvalue weighted by molar-refractivity contribution is -0.138. The van der Waals surface area contributed by atoms with E-state index in [1.54, 1.807) is 24.1 Å². The van der Waals surface area contributed by atoms with E-state index in [4.69, 9.17) is 4.74 Å². The summed E-state index contributed by atoms with van der Waals surface area (Å²) in [5.74, 6) is -2.15. The van der Waals surface area contributed by atoms with Crippen LogP contribution in [0.25, 0.3) is 0 Å². The van der Waals surface area contributed by atoms with Gasteiger partial charge in [0, 0.05) is 30.6 Å². The molecule has 138 valence electrons. The number of ether oxygens (including phenoxy) is 3. The molecule has 0 unspecified atom stereocenters. The molecule has 0 radical (unpaired) electrons. The van der Waals surface area contributed by atoms with Crippen molar-refractivity contribution in [1.82, 2.24) is 9.78 Å². The third kappa shape index (κ3) is 5.07. The third-order valence-electron chi connectivity index (χ3n) is 3.23. The molecular weight excluding hydrogens is 345 g/mol. The minimum atomic E-state index is -0.798. The summed E-state index contributed by atoms with van der Waals surface area (Å²) >= 11 is 0. The first kappa shape index (κ1) is 19.0. The van der Waals surface area contributed by atoms with Crippen molar-refractivity contribution in [2.75, 3.05) is 19.5 Å². The van der Waals surface area contributed by atoms with E-state index in [0.717, 1.165) is 24.8 Å². The van der Waals surface area contributed by atoms with Crippen LogP contribution in [0.4, 0.5) is 10.1 Å². The van der Waals surface area contributed by atoms with Gasteiger partial charge in [-0.2, -0.15) is 5.10 Å². The van der Waals surface area contributed by atoms with Crippen LogP contribution in [0.5, 0.6) is 5.75 Å². The highest BCUT2D eigenvalue weighted by Gasteiger charge is 2.14. The van der Waals surface area contributed by atoms with Crippen LogP contribution < -0.4 is 10.1 Å². The van der Waals surface area contributed by atoms with Gasteiger partial charge in [0.15, 0.2) is 11.6 Å². The van der Waals surface area contributed by atoms with Crippen molar-refractivity contribution in [2.45, 2.75) is 6.61 Å². The Labute approximate surface area is 149 Å².